The van der Waals surface area contributed by atoms with Crippen LogP contribution in [0, 0.1) is 0 Å². The lowest BCUT2D eigenvalue weighted by atomic mass is 9.97. The number of fused-ring (bicyclic) bond motifs is 1. The number of halogens is 2. The lowest BCUT2D eigenvalue weighted by molar-refractivity contribution is -0.0498. The summed E-state index contributed by atoms with van der Waals surface area (Å²) in [6, 6.07) is 14.0. The number of nitrogens with one attached hydrogen (secondary N) is 1. The van der Waals surface area contributed by atoms with Crippen molar-refractivity contribution in [1.29, 1.82) is 0 Å². The Labute approximate surface area is 172 Å². The highest BCUT2D eigenvalue weighted by molar-refractivity contribution is 7.96. The Morgan fingerprint density at radius 2 is 1.93 bits per heavy atom. The van der Waals surface area contributed by atoms with Gasteiger partial charge in [-0.2, -0.15) is 8.78 Å². The molecule has 0 radical (unpaired) electrons. The summed E-state index contributed by atoms with van der Waals surface area (Å²) in [5.74, 6) is 0.168. The minimum absolute atomic E-state index is 0.0515. The molecule has 0 atom stereocenters. The van der Waals surface area contributed by atoms with Crippen LogP contribution in [0.4, 0.5) is 14.7 Å². The number of allylic oxidation sites excluding steroid dienone is 1. The van der Waals surface area contributed by atoms with Crippen LogP contribution in [0.15, 0.2) is 59.8 Å². The Kier molecular flexibility index (Phi) is 5.49. The van der Waals surface area contributed by atoms with E-state index in [2.05, 4.69) is 19.7 Å². The third-order valence-corrected chi connectivity index (χ3v) is 6.14. The summed E-state index contributed by atoms with van der Waals surface area (Å²) in [6.45, 7) is -2.49. The first-order valence-electron chi connectivity index (χ1n) is 9.13. The van der Waals surface area contributed by atoms with Crippen molar-refractivity contribution in [2.75, 3.05) is 4.72 Å². The standard InChI is InChI=1S/C20H18F2N4O3S/c21-19(22)29-17-8-6-16-11-18(9-7-15(16)10-17)30(27,28)25-20-24-23-13-26(20)12-14-4-2-1-3-5-14/h1-6,8,10-11,13,19H,7,9,12H2,(H,24,25). The molecule has 10 heteroatoms. The molecule has 0 amide bonds. The number of alkyl halides is 2. The SMILES string of the molecule is O=S(=O)(Nc1nncn1Cc1ccccc1)C1=Cc2ccc(OC(F)F)cc2CC1. The van der Waals surface area contributed by atoms with E-state index in [0.29, 0.717) is 18.5 Å². The molecular formula is C20H18F2N4O3S. The van der Waals surface area contributed by atoms with Crippen molar-refractivity contribution in [2.24, 2.45) is 0 Å². The van der Waals surface area contributed by atoms with Crippen molar-refractivity contribution in [3.63, 3.8) is 0 Å². The molecule has 1 aromatic heterocycles. The number of rotatable bonds is 7. The van der Waals surface area contributed by atoms with Gasteiger partial charge in [-0.3, -0.25) is 4.57 Å². The van der Waals surface area contributed by atoms with E-state index >= 15 is 0 Å². The number of nitrogens with zero attached hydrogens (tertiary/aromatic N) is 3. The first-order chi connectivity index (χ1) is 14.4. The smallest absolute Gasteiger partial charge is 0.387 e. The normalized spacial score (nSPS) is 13.6. The van der Waals surface area contributed by atoms with Crippen molar-refractivity contribution >= 4 is 22.0 Å². The maximum Gasteiger partial charge on any atom is 0.387 e. The van der Waals surface area contributed by atoms with Gasteiger partial charge in [0.2, 0.25) is 5.95 Å². The molecule has 2 aromatic carbocycles. The topological polar surface area (TPSA) is 86.1 Å². The fourth-order valence-electron chi connectivity index (χ4n) is 3.25. The Hall–Kier alpha value is -3.27. The van der Waals surface area contributed by atoms with E-state index in [1.165, 1.54) is 24.5 Å². The monoisotopic (exact) mass is 432 g/mol. The minimum atomic E-state index is -3.86. The van der Waals surface area contributed by atoms with Crippen LogP contribution in [-0.2, 0) is 23.0 Å². The van der Waals surface area contributed by atoms with E-state index in [0.717, 1.165) is 11.1 Å². The molecule has 1 N–H and O–H groups in total. The lowest BCUT2D eigenvalue weighted by Gasteiger charge is -2.18. The average Bonchev–Trinajstić information content (AvgIpc) is 3.13. The van der Waals surface area contributed by atoms with Gasteiger partial charge in [-0.05, 0) is 47.7 Å². The molecule has 0 saturated heterocycles. The van der Waals surface area contributed by atoms with Crippen molar-refractivity contribution in [1.82, 2.24) is 14.8 Å². The Morgan fingerprint density at radius 3 is 2.70 bits per heavy atom. The van der Waals surface area contributed by atoms with Crippen LogP contribution in [0.3, 0.4) is 0 Å². The van der Waals surface area contributed by atoms with Gasteiger partial charge in [0, 0.05) is 0 Å². The summed E-state index contributed by atoms with van der Waals surface area (Å²) in [6.07, 6.45) is 3.61. The maximum atomic E-state index is 12.9. The van der Waals surface area contributed by atoms with Crippen molar-refractivity contribution < 1.29 is 21.9 Å². The van der Waals surface area contributed by atoms with Gasteiger partial charge in [-0.1, -0.05) is 36.4 Å². The Bertz CT molecular complexity index is 1180. The van der Waals surface area contributed by atoms with Gasteiger partial charge in [0.05, 0.1) is 11.4 Å². The van der Waals surface area contributed by atoms with Crippen LogP contribution >= 0.6 is 0 Å². The summed E-state index contributed by atoms with van der Waals surface area (Å²) < 4.78 is 59.1. The van der Waals surface area contributed by atoms with E-state index in [9.17, 15) is 17.2 Å². The lowest BCUT2D eigenvalue weighted by Crippen LogP contribution is -2.20. The molecule has 1 aliphatic rings. The van der Waals surface area contributed by atoms with E-state index < -0.39 is 16.6 Å². The van der Waals surface area contributed by atoms with Gasteiger partial charge >= 0.3 is 6.61 Å². The second-order valence-corrected chi connectivity index (χ2v) is 8.46. The number of ether oxygens (including phenoxy) is 1. The molecule has 1 heterocycles. The molecule has 0 fully saturated rings. The third-order valence-electron chi connectivity index (χ3n) is 4.68. The maximum absolute atomic E-state index is 12.9. The van der Waals surface area contributed by atoms with Gasteiger partial charge in [-0.15, -0.1) is 10.2 Å². The Balaban J connectivity index is 1.54. The number of aryl methyl sites for hydroxylation is 1. The summed E-state index contributed by atoms with van der Waals surface area (Å²) >= 11 is 0. The number of benzene rings is 2. The van der Waals surface area contributed by atoms with Gasteiger partial charge in [0.25, 0.3) is 10.0 Å². The quantitative estimate of drug-likeness (QED) is 0.616. The first kappa shape index (κ1) is 20.0. The molecule has 3 aromatic rings. The van der Waals surface area contributed by atoms with Gasteiger partial charge in [0.1, 0.15) is 12.1 Å². The number of anilines is 1. The average molecular weight is 432 g/mol. The highest BCUT2D eigenvalue weighted by Crippen LogP contribution is 2.30. The summed E-state index contributed by atoms with van der Waals surface area (Å²) in [7, 11) is -3.86. The van der Waals surface area contributed by atoms with Gasteiger partial charge in [-0.25, -0.2) is 13.1 Å². The summed E-state index contributed by atoms with van der Waals surface area (Å²) in [5.41, 5.74) is 2.37. The second-order valence-electron chi connectivity index (χ2n) is 6.72. The zero-order valence-corrected chi connectivity index (χ0v) is 16.5. The fourth-order valence-corrected chi connectivity index (χ4v) is 4.43. The van der Waals surface area contributed by atoms with Crippen LogP contribution in [0.1, 0.15) is 23.1 Å². The fraction of sp³-hybridized carbons (Fsp3) is 0.200. The molecule has 156 valence electrons. The van der Waals surface area contributed by atoms with E-state index in [-0.39, 0.29) is 23.0 Å². The molecule has 0 aliphatic heterocycles. The van der Waals surface area contributed by atoms with Crippen LogP contribution in [0.25, 0.3) is 6.08 Å². The zero-order chi connectivity index (χ0) is 21.1. The molecule has 0 bridgehead atoms. The van der Waals surface area contributed by atoms with Crippen molar-refractivity contribution in [3.05, 3.63) is 76.5 Å². The highest BCUT2D eigenvalue weighted by Gasteiger charge is 2.24. The van der Waals surface area contributed by atoms with E-state index in [1.807, 2.05) is 30.3 Å². The van der Waals surface area contributed by atoms with Crippen LogP contribution in [0.2, 0.25) is 0 Å². The van der Waals surface area contributed by atoms with E-state index in [1.54, 1.807) is 10.6 Å². The van der Waals surface area contributed by atoms with Crippen LogP contribution in [0.5, 0.6) is 5.75 Å². The number of hydrogen-bond acceptors (Lipinski definition) is 5. The Morgan fingerprint density at radius 1 is 1.13 bits per heavy atom. The zero-order valence-electron chi connectivity index (χ0n) is 15.7. The predicted molar refractivity (Wildman–Crippen MR) is 107 cm³/mol. The number of aromatic nitrogens is 3. The van der Waals surface area contributed by atoms with Gasteiger partial charge < -0.3 is 4.74 Å². The van der Waals surface area contributed by atoms with Crippen LogP contribution < -0.4 is 9.46 Å². The molecule has 7 nitrogen and oxygen atoms in total. The predicted octanol–water partition coefficient (Wildman–Crippen LogP) is 3.66. The van der Waals surface area contributed by atoms with Crippen molar-refractivity contribution in [3.8, 4) is 5.75 Å². The number of hydrogen-bond donors (Lipinski definition) is 1. The summed E-state index contributed by atoms with van der Waals surface area (Å²) in [4.78, 5) is 0.187. The molecule has 0 unspecified atom stereocenters. The van der Waals surface area contributed by atoms with Crippen molar-refractivity contribution in [2.45, 2.75) is 26.0 Å². The van der Waals surface area contributed by atoms with Gasteiger partial charge in [0.15, 0.2) is 0 Å². The molecule has 30 heavy (non-hydrogen) atoms. The van der Waals surface area contributed by atoms with E-state index in [4.69, 9.17) is 0 Å². The second kappa shape index (κ2) is 8.23. The molecule has 0 spiro atoms. The third kappa shape index (κ3) is 4.48. The molecule has 1 aliphatic carbocycles. The highest BCUT2D eigenvalue weighted by atomic mass is 32.2. The molecule has 4 rings (SSSR count). The number of sulfonamides is 1. The summed E-state index contributed by atoms with van der Waals surface area (Å²) in [5, 5.41) is 7.69. The molecule has 0 saturated carbocycles. The van der Waals surface area contributed by atoms with Crippen LogP contribution in [-0.4, -0.2) is 29.8 Å². The first-order valence-corrected chi connectivity index (χ1v) is 10.6. The molecular weight excluding hydrogens is 414 g/mol. The largest absolute Gasteiger partial charge is 0.435 e. The minimum Gasteiger partial charge on any atom is -0.435 e.